The smallest absolute Gasteiger partial charge is 0.328 e. The van der Waals surface area contributed by atoms with Gasteiger partial charge in [0.2, 0.25) is 11.8 Å². The van der Waals surface area contributed by atoms with E-state index in [-0.39, 0.29) is 38.6 Å². The highest BCUT2D eigenvalue weighted by Crippen LogP contribution is 2.30. The molecule has 4 N–H and O–H groups in total. The summed E-state index contributed by atoms with van der Waals surface area (Å²) in [6.07, 6.45) is 41.4. The van der Waals surface area contributed by atoms with Gasteiger partial charge in [-0.3, -0.25) is 33.6 Å². The Labute approximate surface area is 613 Å². The number of unbranched alkanes of at least 4 members (excludes halogenated alkanes) is 42. The van der Waals surface area contributed by atoms with Crippen LogP contribution >= 0.6 is 0 Å². The molecule has 0 aromatic rings. The van der Waals surface area contributed by atoms with E-state index in [4.69, 9.17) is 33.2 Å². The number of hydrogen-bond acceptors (Lipinski definition) is 16. The molecule has 0 radical (unpaired) electrons. The topological polar surface area (TPSA) is 266 Å². The normalized spacial score (nSPS) is 17.1. The molecule has 0 spiro atoms. The summed E-state index contributed by atoms with van der Waals surface area (Å²) in [5.41, 5.74) is 0. The maximum absolute atomic E-state index is 14.8. The largest absolute Gasteiger partial charge is 0.480 e. The minimum absolute atomic E-state index is 0.105. The number of carbonyl (C=O) groups excluding carboxylic acids is 7. The van der Waals surface area contributed by atoms with Gasteiger partial charge in [0, 0.05) is 19.3 Å². The molecule has 101 heavy (non-hydrogen) atoms. The zero-order chi connectivity index (χ0) is 74.0. The molecule has 1 heterocycles. The Morgan fingerprint density at radius 3 is 1.02 bits per heavy atom. The van der Waals surface area contributed by atoms with Gasteiger partial charge < -0.3 is 54.0 Å². The van der Waals surface area contributed by atoms with Gasteiger partial charge in [-0.05, 0) is 57.8 Å². The van der Waals surface area contributed by atoms with Gasteiger partial charge in [-0.25, -0.2) is 4.79 Å². The SMILES string of the molecule is CCCCCCCCCCC[C@H](CC(=O)NC1[C@H](OC[C@H](NC(=O)C[C@@H](CCCCCCCCCCC)OC(=O)CCCCCCCCC)C(=O)O)OC(CO)[C@H](OC=O)[C@@H]1OC(=O)C[C@@H](CCCCCCCCCCC)OC(=O)CCCCCCCCC)OC(=O)CCCCCCCCC. The molecule has 1 aliphatic rings. The van der Waals surface area contributed by atoms with Gasteiger partial charge in [-0.15, -0.1) is 0 Å². The van der Waals surface area contributed by atoms with Crippen molar-refractivity contribution in [1.29, 1.82) is 0 Å². The van der Waals surface area contributed by atoms with Gasteiger partial charge >= 0.3 is 29.8 Å². The molecule has 0 bridgehead atoms. The van der Waals surface area contributed by atoms with E-state index in [9.17, 15) is 48.6 Å². The second-order valence-electron chi connectivity index (χ2n) is 29.2. The Hall–Kier alpha value is -4.36. The first kappa shape index (κ1) is 94.7. The standard InChI is InChI=1S/C82H150N2O17/c1-7-13-19-25-31-34-40-43-49-55-67(97-74(89)58-52-46-37-28-22-16-10-4)61-72(87)83-70(81(93)94)65-95-82-78(84-73(88)62-68(56-50-44-41-35-32-26-20-14-8-2)98-75(90)59-53-47-38-29-23-17-11-5)80(79(96-66-86)71(64-85)100-82)101-77(92)63-69(57-51-45-42-36-33-27-21-15-9-3)99-76(91)60-54-48-39-30-24-18-12-6/h66-71,78-80,82,85H,7-65H2,1-6H3,(H,83,87)(H,84,88)(H,93,94)/t67-,68-,69-,70+,71?,78?,79+,80-,82-/m1/s1. The summed E-state index contributed by atoms with van der Waals surface area (Å²) in [6, 6.07) is -3.31. The lowest BCUT2D eigenvalue weighted by Gasteiger charge is -2.44. The summed E-state index contributed by atoms with van der Waals surface area (Å²) in [5, 5.41) is 27.0. The fourth-order valence-electron chi connectivity index (χ4n) is 13.4. The molecule has 0 saturated carbocycles. The van der Waals surface area contributed by atoms with E-state index < -0.39 is 116 Å². The molecule has 1 rings (SSSR count). The van der Waals surface area contributed by atoms with Crippen LogP contribution in [-0.2, 0) is 71.5 Å². The minimum atomic E-state index is -1.73. The van der Waals surface area contributed by atoms with E-state index in [1.165, 1.54) is 96.3 Å². The summed E-state index contributed by atoms with van der Waals surface area (Å²) >= 11 is 0. The fourth-order valence-corrected chi connectivity index (χ4v) is 13.4. The van der Waals surface area contributed by atoms with Gasteiger partial charge in [0.05, 0.1) is 32.5 Å². The monoisotopic (exact) mass is 1440 g/mol. The lowest BCUT2D eigenvalue weighted by atomic mass is 9.95. The van der Waals surface area contributed by atoms with E-state index in [2.05, 4.69) is 52.2 Å². The number of rotatable bonds is 73. The number of carbonyl (C=O) groups is 8. The lowest BCUT2D eigenvalue weighted by molar-refractivity contribution is -0.276. The Morgan fingerprint density at radius 2 is 0.703 bits per heavy atom. The number of carboxylic acids is 1. The molecule has 9 atom stereocenters. The minimum Gasteiger partial charge on any atom is -0.480 e. The number of aliphatic hydroxyl groups excluding tert-OH is 1. The highest BCUT2D eigenvalue weighted by atomic mass is 16.7. The number of nitrogens with one attached hydrogen (secondary N) is 2. The van der Waals surface area contributed by atoms with E-state index in [0.29, 0.717) is 57.8 Å². The zero-order valence-corrected chi connectivity index (χ0v) is 65.0. The van der Waals surface area contributed by atoms with Crippen molar-refractivity contribution in [2.24, 2.45) is 0 Å². The predicted molar refractivity (Wildman–Crippen MR) is 401 cm³/mol. The van der Waals surface area contributed by atoms with Crippen molar-refractivity contribution < 1.29 is 81.7 Å². The van der Waals surface area contributed by atoms with Crippen molar-refractivity contribution in [2.75, 3.05) is 13.2 Å². The number of amides is 2. The molecule has 1 aliphatic heterocycles. The average molecular weight is 1440 g/mol. The third kappa shape index (κ3) is 53.1. The third-order valence-electron chi connectivity index (χ3n) is 19.7. The molecular formula is C82H150N2O17. The van der Waals surface area contributed by atoms with Crippen LogP contribution in [-0.4, -0.2) is 127 Å². The molecule has 1 saturated heterocycles. The number of esters is 4. The zero-order valence-electron chi connectivity index (χ0n) is 65.0. The number of aliphatic hydroxyl groups is 1. The van der Waals surface area contributed by atoms with Crippen molar-refractivity contribution in [3.05, 3.63) is 0 Å². The van der Waals surface area contributed by atoms with Crippen molar-refractivity contribution in [1.82, 2.24) is 10.6 Å². The molecule has 0 aromatic heterocycles. The number of ether oxygens (including phenoxy) is 7. The van der Waals surface area contributed by atoms with Crippen molar-refractivity contribution >= 4 is 48.1 Å². The molecule has 2 amide bonds. The predicted octanol–water partition coefficient (Wildman–Crippen LogP) is 19.3. The number of hydrogen-bond donors (Lipinski definition) is 4. The first-order valence-electron chi connectivity index (χ1n) is 41.8. The fraction of sp³-hybridized carbons (Fsp3) is 0.902. The van der Waals surface area contributed by atoms with Crippen LogP contribution in [0.25, 0.3) is 0 Å². The Morgan fingerprint density at radius 1 is 0.396 bits per heavy atom. The first-order valence-corrected chi connectivity index (χ1v) is 41.8. The second kappa shape index (κ2) is 67.5. The van der Waals surface area contributed by atoms with Crippen LogP contribution in [0, 0.1) is 0 Å². The number of aliphatic carboxylic acids is 1. The molecule has 1 fully saturated rings. The van der Waals surface area contributed by atoms with Crippen LogP contribution in [0.15, 0.2) is 0 Å². The summed E-state index contributed by atoms with van der Waals surface area (Å²) in [5.74, 6) is -5.03. The third-order valence-corrected chi connectivity index (χ3v) is 19.7. The number of carboxylic acid groups (broad SMARTS) is 1. The molecule has 590 valence electrons. The van der Waals surface area contributed by atoms with Gasteiger partial charge in [0.15, 0.2) is 24.5 Å². The summed E-state index contributed by atoms with van der Waals surface area (Å²) < 4.78 is 42.5. The first-order chi connectivity index (χ1) is 49.2. The van der Waals surface area contributed by atoms with E-state index in [1.54, 1.807) is 0 Å². The van der Waals surface area contributed by atoms with Gasteiger partial charge in [-0.1, -0.05) is 311 Å². The quantitative estimate of drug-likeness (QED) is 0.0191. The molecule has 0 aromatic carbocycles. The van der Waals surface area contributed by atoms with Crippen molar-refractivity contribution in [3.8, 4) is 0 Å². The van der Waals surface area contributed by atoms with Gasteiger partial charge in [0.1, 0.15) is 30.5 Å². The maximum atomic E-state index is 14.8. The average Bonchev–Trinajstić information content (AvgIpc) is 0.787. The molecule has 2 unspecified atom stereocenters. The Balaban J connectivity index is 3.76. The van der Waals surface area contributed by atoms with Crippen LogP contribution in [0.1, 0.15) is 408 Å². The molecule has 0 aliphatic carbocycles. The van der Waals surface area contributed by atoms with E-state index in [1.807, 2.05) is 0 Å². The van der Waals surface area contributed by atoms with Gasteiger partial charge in [0.25, 0.3) is 6.47 Å². The highest BCUT2D eigenvalue weighted by Gasteiger charge is 2.51. The lowest BCUT2D eigenvalue weighted by Crippen LogP contribution is -2.67. The summed E-state index contributed by atoms with van der Waals surface area (Å²) in [7, 11) is 0. The van der Waals surface area contributed by atoms with Crippen LogP contribution < -0.4 is 10.6 Å². The van der Waals surface area contributed by atoms with E-state index in [0.717, 1.165) is 173 Å². The Kier molecular flexibility index (Phi) is 63.3. The molecule has 19 nitrogen and oxygen atoms in total. The summed E-state index contributed by atoms with van der Waals surface area (Å²) in [6.45, 7) is 11.6. The van der Waals surface area contributed by atoms with Gasteiger partial charge in [-0.2, -0.15) is 0 Å². The van der Waals surface area contributed by atoms with Crippen LogP contribution in [0.5, 0.6) is 0 Å². The highest BCUT2D eigenvalue weighted by molar-refractivity contribution is 5.84. The van der Waals surface area contributed by atoms with Crippen molar-refractivity contribution in [3.63, 3.8) is 0 Å². The van der Waals surface area contributed by atoms with Crippen LogP contribution in [0.3, 0.4) is 0 Å². The van der Waals surface area contributed by atoms with Crippen molar-refractivity contribution in [2.45, 2.75) is 463 Å². The van der Waals surface area contributed by atoms with Crippen LogP contribution in [0.2, 0.25) is 0 Å². The molecule has 19 heteroatoms. The van der Waals surface area contributed by atoms with E-state index >= 15 is 0 Å². The molecular weight excluding hydrogens is 1280 g/mol. The maximum Gasteiger partial charge on any atom is 0.328 e. The van der Waals surface area contributed by atoms with Crippen LogP contribution in [0.4, 0.5) is 0 Å². The Bertz CT molecular complexity index is 2050. The second-order valence-corrected chi connectivity index (χ2v) is 29.2. The summed E-state index contributed by atoms with van der Waals surface area (Å²) in [4.78, 5) is 109.